The highest BCUT2D eigenvalue weighted by atomic mass is 32.1. The van der Waals surface area contributed by atoms with Crippen molar-refractivity contribution < 1.29 is 0 Å². The van der Waals surface area contributed by atoms with E-state index in [2.05, 4.69) is 45.1 Å². The molecule has 0 amide bonds. The van der Waals surface area contributed by atoms with Gasteiger partial charge in [-0.25, -0.2) is 0 Å². The monoisotopic (exact) mass is 307 g/mol. The van der Waals surface area contributed by atoms with Gasteiger partial charge < -0.3 is 5.32 Å². The van der Waals surface area contributed by atoms with E-state index in [-0.39, 0.29) is 0 Å². The molecule has 1 aromatic rings. The SMILES string of the molecule is CCCNC(c1ccc(CC)s1)C1(CC(C)C)CCCC1. The van der Waals surface area contributed by atoms with Crippen LogP contribution in [0.25, 0.3) is 0 Å². The molecule has 0 saturated heterocycles. The van der Waals surface area contributed by atoms with Crippen LogP contribution in [0.5, 0.6) is 0 Å². The van der Waals surface area contributed by atoms with Crippen LogP contribution >= 0.6 is 11.3 Å². The summed E-state index contributed by atoms with van der Waals surface area (Å²) in [5.74, 6) is 0.791. The fraction of sp³-hybridized carbons (Fsp3) is 0.789. The lowest BCUT2D eigenvalue weighted by atomic mass is 9.72. The standard InChI is InChI=1S/C19H33NS/c1-5-13-20-18(17-10-9-16(6-2)21-17)19(14-15(3)4)11-7-8-12-19/h9-10,15,18,20H,5-8,11-14H2,1-4H3. The lowest BCUT2D eigenvalue weighted by Crippen LogP contribution is -2.37. The Bertz CT molecular complexity index is 415. The highest BCUT2D eigenvalue weighted by Gasteiger charge is 2.42. The molecule has 0 aliphatic heterocycles. The van der Waals surface area contributed by atoms with E-state index in [9.17, 15) is 0 Å². The summed E-state index contributed by atoms with van der Waals surface area (Å²) in [6, 6.07) is 5.32. The molecule has 21 heavy (non-hydrogen) atoms. The van der Waals surface area contributed by atoms with Crippen LogP contribution in [0.1, 0.15) is 82.0 Å². The average molecular weight is 308 g/mol. The molecule has 1 aliphatic carbocycles. The van der Waals surface area contributed by atoms with Gasteiger partial charge in [0.05, 0.1) is 0 Å². The summed E-state index contributed by atoms with van der Waals surface area (Å²) in [5.41, 5.74) is 0.499. The van der Waals surface area contributed by atoms with E-state index in [4.69, 9.17) is 0 Å². The fourth-order valence-corrected chi connectivity index (χ4v) is 5.32. The first kappa shape index (κ1) is 17.0. The van der Waals surface area contributed by atoms with E-state index in [1.54, 1.807) is 4.88 Å². The van der Waals surface area contributed by atoms with Gasteiger partial charge in [-0.2, -0.15) is 0 Å². The Kier molecular flexibility index (Phi) is 6.31. The Hall–Kier alpha value is -0.340. The van der Waals surface area contributed by atoms with Crippen molar-refractivity contribution in [2.75, 3.05) is 6.54 Å². The summed E-state index contributed by atoms with van der Waals surface area (Å²) in [4.78, 5) is 3.12. The third kappa shape index (κ3) is 4.10. The molecule has 1 nitrogen and oxygen atoms in total. The molecule has 2 rings (SSSR count). The molecule has 1 aromatic heterocycles. The number of thiophene rings is 1. The third-order valence-corrected chi connectivity index (χ3v) is 6.23. The molecule has 120 valence electrons. The highest BCUT2D eigenvalue weighted by Crippen LogP contribution is 2.52. The van der Waals surface area contributed by atoms with Crippen molar-refractivity contribution in [2.45, 2.75) is 78.7 Å². The maximum Gasteiger partial charge on any atom is 0.0472 e. The van der Waals surface area contributed by atoms with Gasteiger partial charge in [0.25, 0.3) is 0 Å². The minimum Gasteiger partial charge on any atom is -0.309 e. The van der Waals surface area contributed by atoms with Gasteiger partial charge in [-0.15, -0.1) is 11.3 Å². The lowest BCUT2D eigenvalue weighted by Gasteiger charge is -2.39. The lowest BCUT2D eigenvalue weighted by molar-refractivity contribution is 0.158. The van der Waals surface area contributed by atoms with E-state index in [0.717, 1.165) is 12.5 Å². The van der Waals surface area contributed by atoms with E-state index in [1.807, 2.05) is 11.3 Å². The van der Waals surface area contributed by atoms with Gasteiger partial charge >= 0.3 is 0 Å². The smallest absolute Gasteiger partial charge is 0.0472 e. The van der Waals surface area contributed by atoms with Crippen molar-refractivity contribution in [1.82, 2.24) is 5.32 Å². The summed E-state index contributed by atoms with van der Waals surface area (Å²) in [6.45, 7) is 10.5. The quantitative estimate of drug-likeness (QED) is 0.625. The zero-order valence-electron chi connectivity index (χ0n) is 14.4. The van der Waals surface area contributed by atoms with Gasteiger partial charge in [0, 0.05) is 15.8 Å². The number of nitrogens with one attached hydrogen (secondary N) is 1. The second-order valence-corrected chi connectivity index (χ2v) is 8.41. The van der Waals surface area contributed by atoms with Gasteiger partial charge in [-0.3, -0.25) is 0 Å². The molecule has 1 heterocycles. The van der Waals surface area contributed by atoms with Gasteiger partial charge in [0.15, 0.2) is 0 Å². The van der Waals surface area contributed by atoms with Crippen LogP contribution in [0, 0.1) is 11.3 Å². The van der Waals surface area contributed by atoms with Gasteiger partial charge in [0.2, 0.25) is 0 Å². The molecular formula is C19H33NS. The maximum absolute atomic E-state index is 3.92. The molecule has 0 spiro atoms. The van der Waals surface area contributed by atoms with Crippen LogP contribution in [-0.4, -0.2) is 6.54 Å². The summed E-state index contributed by atoms with van der Waals surface area (Å²) < 4.78 is 0. The first-order valence-corrected chi connectivity index (χ1v) is 9.75. The minimum atomic E-state index is 0.499. The van der Waals surface area contributed by atoms with Crippen LogP contribution in [0.4, 0.5) is 0 Å². The number of hydrogen-bond acceptors (Lipinski definition) is 2. The van der Waals surface area contributed by atoms with Crippen molar-refractivity contribution in [3.63, 3.8) is 0 Å². The first-order valence-electron chi connectivity index (χ1n) is 8.93. The van der Waals surface area contributed by atoms with Crippen LogP contribution in [-0.2, 0) is 6.42 Å². The van der Waals surface area contributed by atoms with Gasteiger partial charge in [-0.05, 0) is 62.1 Å². The van der Waals surface area contributed by atoms with Crippen LogP contribution < -0.4 is 5.32 Å². The Morgan fingerprint density at radius 1 is 1.19 bits per heavy atom. The molecule has 1 atom stereocenters. The molecule has 2 heteroatoms. The van der Waals surface area contributed by atoms with Crippen molar-refractivity contribution in [2.24, 2.45) is 11.3 Å². The minimum absolute atomic E-state index is 0.499. The first-order chi connectivity index (χ1) is 10.1. The second kappa shape index (κ2) is 7.78. The topological polar surface area (TPSA) is 12.0 Å². The molecule has 1 fully saturated rings. The van der Waals surface area contributed by atoms with Crippen LogP contribution in [0.2, 0.25) is 0 Å². The summed E-state index contributed by atoms with van der Waals surface area (Å²) in [5, 5.41) is 3.92. The van der Waals surface area contributed by atoms with Crippen molar-refractivity contribution in [3.05, 3.63) is 21.9 Å². The van der Waals surface area contributed by atoms with Crippen LogP contribution in [0.3, 0.4) is 0 Å². The summed E-state index contributed by atoms with van der Waals surface area (Å²) in [7, 11) is 0. The van der Waals surface area contributed by atoms with Crippen molar-refractivity contribution in [3.8, 4) is 0 Å². The van der Waals surface area contributed by atoms with Crippen molar-refractivity contribution >= 4 is 11.3 Å². The average Bonchev–Trinajstić information content (AvgIpc) is 3.08. The Balaban J connectivity index is 2.27. The second-order valence-electron chi connectivity index (χ2n) is 7.21. The third-order valence-electron chi connectivity index (χ3n) is 4.94. The molecular weight excluding hydrogens is 274 g/mol. The molecule has 0 aromatic carbocycles. The largest absolute Gasteiger partial charge is 0.309 e. The number of rotatable bonds is 8. The zero-order valence-corrected chi connectivity index (χ0v) is 15.2. The van der Waals surface area contributed by atoms with Crippen molar-refractivity contribution in [1.29, 1.82) is 0 Å². The maximum atomic E-state index is 3.92. The normalized spacial score (nSPS) is 19.3. The van der Waals surface area contributed by atoms with E-state index >= 15 is 0 Å². The Morgan fingerprint density at radius 2 is 1.90 bits per heavy atom. The Morgan fingerprint density at radius 3 is 2.43 bits per heavy atom. The number of aryl methyl sites for hydroxylation is 1. The Labute approximate surface area is 135 Å². The van der Waals surface area contributed by atoms with E-state index < -0.39 is 0 Å². The summed E-state index contributed by atoms with van der Waals surface area (Å²) >= 11 is 2.04. The zero-order chi connectivity index (χ0) is 15.3. The molecule has 1 N–H and O–H groups in total. The fourth-order valence-electron chi connectivity index (χ4n) is 4.15. The molecule has 1 saturated carbocycles. The van der Waals surface area contributed by atoms with E-state index in [0.29, 0.717) is 11.5 Å². The predicted molar refractivity (Wildman–Crippen MR) is 95.1 cm³/mol. The van der Waals surface area contributed by atoms with E-state index in [1.165, 1.54) is 49.8 Å². The number of hydrogen-bond donors (Lipinski definition) is 1. The molecule has 0 radical (unpaired) electrons. The molecule has 1 unspecified atom stereocenters. The summed E-state index contributed by atoms with van der Waals surface area (Å²) in [6.07, 6.45) is 9.42. The molecule has 1 aliphatic rings. The van der Waals surface area contributed by atoms with Gasteiger partial charge in [-0.1, -0.05) is 40.5 Å². The molecule has 0 bridgehead atoms. The predicted octanol–water partition coefficient (Wildman–Crippen LogP) is 5.96. The van der Waals surface area contributed by atoms with Gasteiger partial charge in [0.1, 0.15) is 0 Å². The van der Waals surface area contributed by atoms with Crippen LogP contribution in [0.15, 0.2) is 12.1 Å². The highest BCUT2D eigenvalue weighted by molar-refractivity contribution is 7.12.